The van der Waals surface area contributed by atoms with Gasteiger partial charge in [0, 0.05) is 44.6 Å². The number of carbonyl (C=O) groups excluding carboxylic acids is 1. The van der Waals surface area contributed by atoms with E-state index in [2.05, 4.69) is 10.2 Å². The second kappa shape index (κ2) is 8.68. The first-order valence-corrected chi connectivity index (χ1v) is 7.86. The van der Waals surface area contributed by atoms with E-state index in [1.807, 2.05) is 11.0 Å². The molecule has 1 aromatic rings. The van der Waals surface area contributed by atoms with Crippen molar-refractivity contribution in [2.45, 2.75) is 6.42 Å². The van der Waals surface area contributed by atoms with Crippen LogP contribution in [0.25, 0.3) is 0 Å². The van der Waals surface area contributed by atoms with Gasteiger partial charge in [0.1, 0.15) is 17.5 Å². The zero-order valence-electron chi connectivity index (χ0n) is 13.6. The second-order valence-electron chi connectivity index (χ2n) is 5.55. The van der Waals surface area contributed by atoms with E-state index in [0.29, 0.717) is 26.2 Å². The van der Waals surface area contributed by atoms with Gasteiger partial charge in [0.15, 0.2) is 0 Å². The average Bonchev–Trinajstić information content (AvgIpc) is 2.60. The van der Waals surface area contributed by atoms with Crippen molar-refractivity contribution in [2.24, 2.45) is 0 Å². The fraction of sp³-hybridized carbons (Fsp3) is 0.353. The van der Waals surface area contributed by atoms with Gasteiger partial charge < -0.3 is 20.2 Å². The van der Waals surface area contributed by atoms with Crippen molar-refractivity contribution in [3.8, 4) is 6.07 Å². The molecule has 1 heterocycles. The lowest BCUT2D eigenvalue weighted by Gasteiger charge is -2.35. The number of anilines is 1. The van der Waals surface area contributed by atoms with Gasteiger partial charge in [0.05, 0.1) is 6.42 Å². The summed E-state index contributed by atoms with van der Waals surface area (Å²) in [7, 11) is 0. The van der Waals surface area contributed by atoms with E-state index in [4.69, 9.17) is 10.4 Å². The molecule has 1 saturated heterocycles. The number of amides is 1. The lowest BCUT2D eigenvalue weighted by Crippen LogP contribution is -2.44. The number of halogens is 1. The molecule has 132 valence electrons. The monoisotopic (exact) mass is 346 g/mol. The normalized spacial score (nSPS) is 14.8. The minimum atomic E-state index is -1.01. The number of rotatable bonds is 6. The zero-order chi connectivity index (χ0) is 18.2. The standard InChI is InChI=1S/C17H19FN4O3/c18-14-1-3-15(4-2-14)22-9-7-21(8-10-22)12-13(11-19)17(25)20-6-5-16(23)24/h1-4,12H,5-10H2,(H,20,25)(H,23,24)/b13-12-. The van der Waals surface area contributed by atoms with E-state index in [0.717, 1.165) is 5.69 Å². The number of hydrogen-bond donors (Lipinski definition) is 2. The first-order valence-electron chi connectivity index (χ1n) is 7.86. The number of carboxylic acids is 1. The Hall–Kier alpha value is -3.08. The molecular formula is C17H19FN4O3. The van der Waals surface area contributed by atoms with Gasteiger partial charge in [-0.05, 0) is 24.3 Å². The maximum Gasteiger partial charge on any atom is 0.305 e. The number of piperazine rings is 1. The fourth-order valence-corrected chi connectivity index (χ4v) is 2.46. The Morgan fingerprint density at radius 1 is 1.24 bits per heavy atom. The summed E-state index contributed by atoms with van der Waals surface area (Å²) < 4.78 is 13.0. The minimum absolute atomic E-state index is 0.0223. The van der Waals surface area contributed by atoms with Crippen LogP contribution < -0.4 is 10.2 Å². The summed E-state index contributed by atoms with van der Waals surface area (Å²) in [5.74, 6) is -1.87. The van der Waals surface area contributed by atoms with Crippen LogP contribution in [0.3, 0.4) is 0 Å². The number of carbonyl (C=O) groups is 2. The molecule has 0 spiro atoms. The predicted octanol–water partition coefficient (Wildman–Crippen LogP) is 0.946. The molecule has 1 aliphatic heterocycles. The Labute approximate surface area is 144 Å². The first kappa shape index (κ1) is 18.3. The third-order valence-electron chi connectivity index (χ3n) is 3.81. The molecule has 25 heavy (non-hydrogen) atoms. The Kier molecular flexibility index (Phi) is 6.34. The van der Waals surface area contributed by atoms with Crippen molar-refractivity contribution in [1.29, 1.82) is 5.26 Å². The van der Waals surface area contributed by atoms with Gasteiger partial charge >= 0.3 is 5.97 Å². The van der Waals surface area contributed by atoms with Crippen LogP contribution in [0.4, 0.5) is 10.1 Å². The maximum atomic E-state index is 13.0. The van der Waals surface area contributed by atoms with E-state index in [9.17, 15) is 14.0 Å². The topological polar surface area (TPSA) is 96.7 Å². The average molecular weight is 346 g/mol. The maximum absolute atomic E-state index is 13.0. The van der Waals surface area contributed by atoms with Crippen molar-refractivity contribution in [3.63, 3.8) is 0 Å². The van der Waals surface area contributed by atoms with Crippen molar-refractivity contribution in [2.75, 3.05) is 37.6 Å². The van der Waals surface area contributed by atoms with Crippen LogP contribution in [-0.2, 0) is 9.59 Å². The van der Waals surface area contributed by atoms with Gasteiger partial charge in [-0.25, -0.2) is 4.39 Å². The quantitative estimate of drug-likeness (QED) is 0.588. The molecule has 1 fully saturated rings. The summed E-state index contributed by atoms with van der Waals surface area (Å²) in [5, 5.41) is 20.1. The summed E-state index contributed by atoms with van der Waals surface area (Å²) >= 11 is 0. The number of benzene rings is 1. The molecule has 2 N–H and O–H groups in total. The summed E-state index contributed by atoms with van der Waals surface area (Å²) in [6.07, 6.45) is 1.30. The van der Waals surface area contributed by atoms with Gasteiger partial charge in [-0.2, -0.15) is 5.26 Å². The molecule has 0 aromatic heterocycles. The number of nitriles is 1. The van der Waals surface area contributed by atoms with Crippen molar-refractivity contribution in [1.82, 2.24) is 10.2 Å². The highest BCUT2D eigenvalue weighted by atomic mass is 19.1. The summed E-state index contributed by atoms with van der Waals surface area (Å²) in [5.41, 5.74) is 0.873. The smallest absolute Gasteiger partial charge is 0.305 e. The number of nitrogens with one attached hydrogen (secondary N) is 1. The van der Waals surface area contributed by atoms with Crippen LogP contribution in [0.2, 0.25) is 0 Å². The molecule has 8 heteroatoms. The Balaban J connectivity index is 1.88. The van der Waals surface area contributed by atoms with Crippen molar-refractivity contribution in [3.05, 3.63) is 41.9 Å². The van der Waals surface area contributed by atoms with Gasteiger partial charge in [-0.1, -0.05) is 0 Å². The largest absolute Gasteiger partial charge is 0.481 e. The second-order valence-corrected chi connectivity index (χ2v) is 5.55. The third kappa shape index (κ3) is 5.49. The van der Waals surface area contributed by atoms with Crippen LogP contribution in [0, 0.1) is 17.1 Å². The molecule has 0 bridgehead atoms. The SMILES string of the molecule is N#C/C(=C/N1CCN(c2ccc(F)cc2)CC1)C(=O)NCCC(=O)O. The highest BCUT2D eigenvalue weighted by Gasteiger charge is 2.17. The number of nitrogens with zero attached hydrogens (tertiary/aromatic N) is 3. The zero-order valence-corrected chi connectivity index (χ0v) is 13.6. The van der Waals surface area contributed by atoms with Gasteiger partial charge in [0.25, 0.3) is 5.91 Å². The van der Waals surface area contributed by atoms with E-state index < -0.39 is 11.9 Å². The molecule has 0 aliphatic carbocycles. The Bertz CT molecular complexity index is 689. The number of hydrogen-bond acceptors (Lipinski definition) is 5. The molecule has 0 unspecified atom stereocenters. The van der Waals surface area contributed by atoms with Crippen LogP contribution in [0.15, 0.2) is 36.0 Å². The molecule has 0 radical (unpaired) electrons. The van der Waals surface area contributed by atoms with E-state index >= 15 is 0 Å². The van der Waals surface area contributed by atoms with Crippen molar-refractivity contribution < 1.29 is 19.1 Å². The number of carboxylic acid groups (broad SMARTS) is 1. The number of aliphatic carboxylic acids is 1. The van der Waals surface area contributed by atoms with Crippen LogP contribution in [-0.4, -0.2) is 54.6 Å². The highest BCUT2D eigenvalue weighted by molar-refractivity contribution is 5.97. The predicted molar refractivity (Wildman–Crippen MR) is 89.1 cm³/mol. The van der Waals surface area contributed by atoms with Gasteiger partial charge in [-0.15, -0.1) is 0 Å². The van der Waals surface area contributed by atoms with Crippen LogP contribution in [0.1, 0.15) is 6.42 Å². The van der Waals surface area contributed by atoms with Crippen molar-refractivity contribution >= 4 is 17.6 Å². The summed E-state index contributed by atoms with van der Waals surface area (Å²) in [6, 6.07) is 8.11. The molecule has 2 rings (SSSR count). The third-order valence-corrected chi connectivity index (χ3v) is 3.81. The molecule has 1 aromatic carbocycles. The van der Waals surface area contributed by atoms with E-state index in [1.165, 1.54) is 18.3 Å². The molecule has 0 saturated carbocycles. The molecular weight excluding hydrogens is 327 g/mol. The summed E-state index contributed by atoms with van der Waals surface area (Å²) in [6.45, 7) is 2.57. The highest BCUT2D eigenvalue weighted by Crippen LogP contribution is 2.17. The van der Waals surface area contributed by atoms with Gasteiger partial charge in [0.2, 0.25) is 0 Å². The van der Waals surface area contributed by atoms with Crippen LogP contribution in [0.5, 0.6) is 0 Å². The first-order chi connectivity index (χ1) is 12.0. The van der Waals surface area contributed by atoms with E-state index in [1.54, 1.807) is 12.1 Å². The lowest BCUT2D eigenvalue weighted by molar-refractivity contribution is -0.136. The molecule has 7 nitrogen and oxygen atoms in total. The minimum Gasteiger partial charge on any atom is -0.481 e. The molecule has 0 atom stereocenters. The van der Waals surface area contributed by atoms with E-state index in [-0.39, 0.29) is 24.4 Å². The van der Waals surface area contributed by atoms with Crippen LogP contribution >= 0.6 is 0 Å². The summed E-state index contributed by atoms with van der Waals surface area (Å²) in [4.78, 5) is 26.3. The Morgan fingerprint density at radius 3 is 2.44 bits per heavy atom. The fourth-order valence-electron chi connectivity index (χ4n) is 2.46. The lowest BCUT2D eigenvalue weighted by atomic mass is 10.2. The molecule has 1 amide bonds. The van der Waals surface area contributed by atoms with Gasteiger partial charge in [-0.3, -0.25) is 9.59 Å². The molecule has 1 aliphatic rings. The Morgan fingerprint density at radius 2 is 1.88 bits per heavy atom.